The van der Waals surface area contributed by atoms with Crippen LogP contribution in [0.3, 0.4) is 0 Å². The maximum absolute atomic E-state index is 5.78. The summed E-state index contributed by atoms with van der Waals surface area (Å²) in [7, 11) is 1.71. The molecule has 0 aliphatic heterocycles. The zero-order valence-electron chi connectivity index (χ0n) is 13.8. The number of nitrogens with two attached hydrogens (primary N) is 1. The predicted octanol–water partition coefficient (Wildman–Crippen LogP) is 4.55. The Morgan fingerprint density at radius 3 is 2.61 bits per heavy atom. The first-order valence-electron chi connectivity index (χ1n) is 8.45. The molecule has 0 saturated heterocycles. The summed E-state index contributed by atoms with van der Waals surface area (Å²) in [5.74, 6) is 1.42. The van der Waals surface area contributed by atoms with Crippen molar-refractivity contribution in [1.82, 2.24) is 0 Å². The largest absolute Gasteiger partial charge is 0.497 e. The van der Waals surface area contributed by atoms with Crippen LogP contribution in [0.2, 0.25) is 0 Å². The van der Waals surface area contributed by atoms with E-state index in [0.717, 1.165) is 18.6 Å². The van der Waals surface area contributed by atoms with Crippen LogP contribution < -0.4 is 10.5 Å². The first-order chi connectivity index (χ1) is 11.3. The molecule has 0 bridgehead atoms. The lowest BCUT2D eigenvalue weighted by atomic mass is 9.81. The smallest absolute Gasteiger partial charge is 0.118 e. The second-order valence-electron chi connectivity index (χ2n) is 6.16. The monoisotopic (exact) mass is 307 g/mol. The van der Waals surface area contributed by atoms with Gasteiger partial charge in [0.25, 0.3) is 0 Å². The second-order valence-corrected chi connectivity index (χ2v) is 6.16. The maximum atomic E-state index is 5.78. The number of ether oxygens (including phenoxy) is 1. The molecule has 120 valence electrons. The van der Waals surface area contributed by atoms with E-state index in [2.05, 4.69) is 42.5 Å². The van der Waals surface area contributed by atoms with Gasteiger partial charge in [-0.1, -0.05) is 42.5 Å². The van der Waals surface area contributed by atoms with Crippen LogP contribution in [-0.4, -0.2) is 13.7 Å². The number of allylic oxidation sites excluding steroid dienone is 2. The number of hydrogen-bond acceptors (Lipinski definition) is 2. The van der Waals surface area contributed by atoms with Crippen LogP contribution in [0.4, 0.5) is 0 Å². The molecule has 2 heteroatoms. The van der Waals surface area contributed by atoms with E-state index in [9.17, 15) is 0 Å². The van der Waals surface area contributed by atoms with E-state index >= 15 is 0 Å². The zero-order valence-corrected chi connectivity index (χ0v) is 13.8. The lowest BCUT2D eigenvalue weighted by Gasteiger charge is -2.24. The number of methoxy groups -OCH3 is 1. The van der Waals surface area contributed by atoms with E-state index in [1.807, 2.05) is 12.1 Å². The normalized spacial score (nSPS) is 17.7. The standard InChI is InChI=1S/C21H25NO/c1-23-20-11-9-16(10-12-20)18-6-4-7-19(15-18)21-8-3-2-5-17(21)13-14-22/h2-3,5,8-12,15,19H,4,6-7,13-14,22H2,1H3. The van der Waals surface area contributed by atoms with Gasteiger partial charge in [0.05, 0.1) is 7.11 Å². The lowest BCUT2D eigenvalue weighted by molar-refractivity contribution is 0.415. The quantitative estimate of drug-likeness (QED) is 0.879. The zero-order chi connectivity index (χ0) is 16.1. The Morgan fingerprint density at radius 2 is 1.87 bits per heavy atom. The fourth-order valence-electron chi connectivity index (χ4n) is 3.49. The molecule has 1 aliphatic rings. The lowest BCUT2D eigenvalue weighted by Crippen LogP contribution is -2.09. The van der Waals surface area contributed by atoms with E-state index in [0.29, 0.717) is 12.5 Å². The van der Waals surface area contributed by atoms with Crippen molar-refractivity contribution in [2.75, 3.05) is 13.7 Å². The highest BCUT2D eigenvalue weighted by molar-refractivity contribution is 5.68. The van der Waals surface area contributed by atoms with Crippen LogP contribution in [-0.2, 0) is 6.42 Å². The van der Waals surface area contributed by atoms with E-state index < -0.39 is 0 Å². The van der Waals surface area contributed by atoms with Gasteiger partial charge in [-0.15, -0.1) is 0 Å². The Morgan fingerprint density at radius 1 is 1.09 bits per heavy atom. The van der Waals surface area contributed by atoms with Gasteiger partial charge < -0.3 is 10.5 Å². The van der Waals surface area contributed by atoms with Crippen LogP contribution >= 0.6 is 0 Å². The Hall–Kier alpha value is -2.06. The molecule has 0 amide bonds. The average molecular weight is 307 g/mol. The highest BCUT2D eigenvalue weighted by atomic mass is 16.5. The summed E-state index contributed by atoms with van der Waals surface area (Å²) >= 11 is 0. The van der Waals surface area contributed by atoms with Crippen molar-refractivity contribution in [2.24, 2.45) is 5.73 Å². The molecule has 0 fully saturated rings. The van der Waals surface area contributed by atoms with Gasteiger partial charge in [0.15, 0.2) is 0 Å². The number of rotatable bonds is 5. The summed E-state index contributed by atoms with van der Waals surface area (Å²) in [5, 5.41) is 0. The molecule has 2 aromatic rings. The van der Waals surface area contributed by atoms with Crippen molar-refractivity contribution in [3.8, 4) is 5.75 Å². The fourth-order valence-corrected chi connectivity index (χ4v) is 3.49. The SMILES string of the molecule is COc1ccc(C2=CC(c3ccccc3CCN)CCC2)cc1. The molecule has 0 heterocycles. The Bertz CT molecular complexity index is 672. The molecule has 1 aliphatic carbocycles. The van der Waals surface area contributed by atoms with Crippen molar-refractivity contribution >= 4 is 5.57 Å². The van der Waals surface area contributed by atoms with Gasteiger partial charge in [0, 0.05) is 5.92 Å². The predicted molar refractivity (Wildman–Crippen MR) is 96.8 cm³/mol. The van der Waals surface area contributed by atoms with E-state index in [1.54, 1.807) is 7.11 Å². The van der Waals surface area contributed by atoms with Crippen molar-refractivity contribution in [1.29, 1.82) is 0 Å². The van der Waals surface area contributed by atoms with Gasteiger partial charge in [-0.05, 0) is 66.6 Å². The third-order valence-electron chi connectivity index (χ3n) is 4.69. The molecule has 1 unspecified atom stereocenters. The molecule has 0 saturated carbocycles. The van der Waals surface area contributed by atoms with Gasteiger partial charge >= 0.3 is 0 Å². The summed E-state index contributed by atoms with van der Waals surface area (Å²) in [5.41, 5.74) is 11.4. The molecular formula is C21H25NO. The minimum atomic E-state index is 0.503. The van der Waals surface area contributed by atoms with Gasteiger partial charge in [-0.2, -0.15) is 0 Å². The van der Waals surface area contributed by atoms with Crippen molar-refractivity contribution in [3.63, 3.8) is 0 Å². The Balaban J connectivity index is 1.89. The minimum absolute atomic E-state index is 0.503. The average Bonchev–Trinajstić information content (AvgIpc) is 2.63. The van der Waals surface area contributed by atoms with Crippen LogP contribution in [0.5, 0.6) is 5.75 Å². The molecule has 2 aromatic carbocycles. The van der Waals surface area contributed by atoms with Gasteiger partial charge in [0.2, 0.25) is 0 Å². The van der Waals surface area contributed by atoms with Crippen molar-refractivity contribution in [2.45, 2.75) is 31.6 Å². The third-order valence-corrected chi connectivity index (χ3v) is 4.69. The van der Waals surface area contributed by atoms with E-state index in [4.69, 9.17) is 10.5 Å². The maximum Gasteiger partial charge on any atom is 0.118 e. The first-order valence-corrected chi connectivity index (χ1v) is 8.45. The molecule has 23 heavy (non-hydrogen) atoms. The molecule has 2 N–H and O–H groups in total. The Kier molecular flexibility index (Phi) is 5.14. The van der Waals surface area contributed by atoms with Crippen LogP contribution in [0, 0.1) is 0 Å². The van der Waals surface area contributed by atoms with Crippen molar-refractivity contribution < 1.29 is 4.74 Å². The highest BCUT2D eigenvalue weighted by Crippen LogP contribution is 2.37. The van der Waals surface area contributed by atoms with Gasteiger partial charge in [0.1, 0.15) is 5.75 Å². The summed E-state index contributed by atoms with van der Waals surface area (Å²) in [6.07, 6.45) is 7.03. The summed E-state index contributed by atoms with van der Waals surface area (Å²) < 4.78 is 5.26. The van der Waals surface area contributed by atoms with Crippen LogP contribution in [0.15, 0.2) is 54.6 Å². The van der Waals surface area contributed by atoms with Crippen LogP contribution in [0.25, 0.3) is 5.57 Å². The molecule has 1 atom stereocenters. The number of hydrogen-bond donors (Lipinski definition) is 1. The molecule has 3 rings (SSSR count). The van der Waals surface area contributed by atoms with Gasteiger partial charge in [-0.3, -0.25) is 0 Å². The molecular weight excluding hydrogens is 282 g/mol. The topological polar surface area (TPSA) is 35.2 Å². The summed E-state index contributed by atoms with van der Waals surface area (Å²) in [4.78, 5) is 0. The van der Waals surface area contributed by atoms with Gasteiger partial charge in [-0.25, -0.2) is 0 Å². The molecule has 0 spiro atoms. The summed E-state index contributed by atoms with van der Waals surface area (Å²) in [6, 6.07) is 17.2. The molecule has 2 nitrogen and oxygen atoms in total. The fraction of sp³-hybridized carbons (Fsp3) is 0.333. The van der Waals surface area contributed by atoms with Crippen LogP contribution in [0.1, 0.15) is 41.9 Å². The van der Waals surface area contributed by atoms with E-state index in [1.165, 1.54) is 35.1 Å². The molecule has 0 radical (unpaired) electrons. The van der Waals surface area contributed by atoms with E-state index in [-0.39, 0.29) is 0 Å². The molecule has 0 aromatic heterocycles. The third kappa shape index (κ3) is 3.65. The minimum Gasteiger partial charge on any atom is -0.497 e. The summed E-state index contributed by atoms with van der Waals surface area (Å²) in [6.45, 7) is 0.707. The van der Waals surface area contributed by atoms with Crippen molar-refractivity contribution in [3.05, 3.63) is 71.3 Å². The second kappa shape index (κ2) is 7.47. The number of benzene rings is 2. The Labute approximate surface area is 139 Å². The highest BCUT2D eigenvalue weighted by Gasteiger charge is 2.18. The first kappa shape index (κ1) is 15.8.